The minimum atomic E-state index is -0.872. The van der Waals surface area contributed by atoms with E-state index in [9.17, 15) is 10.4 Å². The zero-order valence-electron chi connectivity index (χ0n) is 19.3. The summed E-state index contributed by atoms with van der Waals surface area (Å²) < 4.78 is 5.14. The average molecular weight is 450 g/mol. The van der Waals surface area contributed by atoms with Gasteiger partial charge in [0, 0.05) is 56.7 Å². The van der Waals surface area contributed by atoms with E-state index in [1.807, 2.05) is 37.4 Å². The van der Waals surface area contributed by atoms with Crippen molar-refractivity contribution < 1.29 is 9.84 Å². The molecule has 0 unspecified atom stereocenters. The molecule has 1 aromatic heterocycles. The Morgan fingerprint density at radius 2 is 1.85 bits per heavy atom. The first kappa shape index (κ1) is 22.0. The van der Waals surface area contributed by atoms with Crippen LogP contribution in [-0.2, 0) is 10.3 Å². The lowest BCUT2D eigenvalue weighted by Gasteiger charge is -2.57. The van der Waals surface area contributed by atoms with Crippen LogP contribution in [0.5, 0.6) is 0 Å². The van der Waals surface area contributed by atoms with E-state index in [0.29, 0.717) is 25.6 Å². The van der Waals surface area contributed by atoms with Gasteiger partial charge in [-0.3, -0.25) is 4.90 Å². The maximum Gasteiger partial charge on any atom is 0.229 e. The number of rotatable bonds is 6. The highest BCUT2D eigenvalue weighted by molar-refractivity contribution is 5.58. The normalized spacial score (nSPS) is 22.2. The first-order valence-electron chi connectivity index (χ1n) is 11.5. The van der Waals surface area contributed by atoms with E-state index in [0.717, 1.165) is 61.9 Å². The molecular weight excluding hydrogens is 418 g/mol. The third-order valence-corrected chi connectivity index (χ3v) is 7.16. The van der Waals surface area contributed by atoms with Crippen molar-refractivity contribution in [2.24, 2.45) is 0 Å². The Balaban J connectivity index is 1.28. The molecule has 2 N–H and O–H groups in total. The second-order valence-corrected chi connectivity index (χ2v) is 9.63. The summed E-state index contributed by atoms with van der Waals surface area (Å²) in [6.07, 6.45) is 2.37. The number of piperazine rings is 1. The molecule has 4 heterocycles. The van der Waals surface area contributed by atoms with Crippen LogP contribution in [-0.4, -0.2) is 89.9 Å². The number of ether oxygens (including phenoxy) is 1. The van der Waals surface area contributed by atoms with E-state index in [4.69, 9.17) is 9.72 Å². The minimum Gasteiger partial charge on any atom is -0.380 e. The number of aromatic nitrogens is 2. The summed E-state index contributed by atoms with van der Waals surface area (Å²) in [6, 6.07) is 10.1. The van der Waals surface area contributed by atoms with Crippen LogP contribution in [0, 0.1) is 18.3 Å². The molecule has 3 saturated heterocycles. The fourth-order valence-electron chi connectivity index (χ4n) is 4.93. The van der Waals surface area contributed by atoms with Crippen LogP contribution in [0.1, 0.15) is 17.5 Å². The Kier molecular flexibility index (Phi) is 5.70. The molecule has 0 saturated carbocycles. The SMILES string of the molecule is Cc1cnc(Nc2ccc(C3(O)COC3)cc2)nc1N1CC(CC#N)(N2CCN(C)CC2)C1. The molecule has 0 atom stereocenters. The van der Waals surface area contributed by atoms with Crippen LogP contribution >= 0.6 is 0 Å². The molecule has 2 aromatic rings. The number of anilines is 3. The Morgan fingerprint density at radius 1 is 1.15 bits per heavy atom. The Labute approximate surface area is 194 Å². The van der Waals surface area contributed by atoms with Gasteiger partial charge in [0.15, 0.2) is 0 Å². The zero-order valence-corrected chi connectivity index (χ0v) is 19.3. The smallest absolute Gasteiger partial charge is 0.229 e. The van der Waals surface area contributed by atoms with E-state index in [1.54, 1.807) is 0 Å². The summed E-state index contributed by atoms with van der Waals surface area (Å²) >= 11 is 0. The molecule has 3 aliphatic rings. The highest BCUT2D eigenvalue weighted by atomic mass is 16.5. The molecule has 0 spiro atoms. The quantitative estimate of drug-likeness (QED) is 0.679. The predicted molar refractivity (Wildman–Crippen MR) is 125 cm³/mol. The molecule has 3 aliphatic heterocycles. The highest BCUT2D eigenvalue weighted by Crippen LogP contribution is 2.36. The van der Waals surface area contributed by atoms with Crippen molar-refractivity contribution in [2.45, 2.75) is 24.5 Å². The van der Waals surface area contributed by atoms with Gasteiger partial charge in [-0.15, -0.1) is 0 Å². The summed E-state index contributed by atoms with van der Waals surface area (Å²) in [5.41, 5.74) is 1.76. The maximum absolute atomic E-state index is 10.4. The van der Waals surface area contributed by atoms with Crippen molar-refractivity contribution in [2.75, 3.05) is 69.7 Å². The van der Waals surface area contributed by atoms with Crippen LogP contribution in [0.2, 0.25) is 0 Å². The predicted octanol–water partition coefficient (Wildman–Crippen LogP) is 1.47. The van der Waals surface area contributed by atoms with Gasteiger partial charge in [0.2, 0.25) is 5.95 Å². The molecule has 1 aromatic carbocycles. The second kappa shape index (κ2) is 8.54. The van der Waals surface area contributed by atoms with Gasteiger partial charge < -0.3 is 25.0 Å². The number of hydrogen-bond donors (Lipinski definition) is 2. The molecule has 0 aliphatic carbocycles. The minimum absolute atomic E-state index is 0.0949. The molecule has 0 amide bonds. The van der Waals surface area contributed by atoms with Gasteiger partial charge in [0.25, 0.3) is 0 Å². The number of nitrogens with zero attached hydrogens (tertiary/aromatic N) is 6. The monoisotopic (exact) mass is 449 g/mol. The first-order chi connectivity index (χ1) is 15.9. The lowest BCUT2D eigenvalue weighted by atomic mass is 9.84. The number of hydrogen-bond acceptors (Lipinski definition) is 9. The van der Waals surface area contributed by atoms with Gasteiger partial charge in [-0.1, -0.05) is 12.1 Å². The Bertz CT molecular complexity index is 1030. The van der Waals surface area contributed by atoms with Crippen molar-refractivity contribution in [3.63, 3.8) is 0 Å². The molecule has 5 rings (SSSR count). The van der Waals surface area contributed by atoms with E-state index < -0.39 is 5.60 Å². The number of benzene rings is 1. The van der Waals surface area contributed by atoms with Gasteiger partial charge in [-0.25, -0.2) is 4.98 Å². The van der Waals surface area contributed by atoms with Gasteiger partial charge in [-0.2, -0.15) is 10.2 Å². The summed E-state index contributed by atoms with van der Waals surface area (Å²) in [5.74, 6) is 1.44. The van der Waals surface area contributed by atoms with Crippen molar-refractivity contribution in [3.05, 3.63) is 41.6 Å². The van der Waals surface area contributed by atoms with Gasteiger partial charge in [0.1, 0.15) is 11.4 Å². The van der Waals surface area contributed by atoms with E-state index in [-0.39, 0.29) is 5.54 Å². The number of likely N-dealkylation sites (N-methyl/N-ethyl adjacent to an activating group) is 1. The Morgan fingerprint density at radius 3 is 2.45 bits per heavy atom. The number of nitriles is 1. The van der Waals surface area contributed by atoms with E-state index in [1.165, 1.54) is 0 Å². The summed E-state index contributed by atoms with van der Waals surface area (Å²) in [7, 11) is 2.15. The lowest BCUT2D eigenvalue weighted by Crippen LogP contribution is -2.72. The maximum atomic E-state index is 10.4. The van der Waals surface area contributed by atoms with Crippen LogP contribution in [0.25, 0.3) is 0 Å². The third-order valence-electron chi connectivity index (χ3n) is 7.16. The third kappa shape index (κ3) is 4.15. The second-order valence-electron chi connectivity index (χ2n) is 9.63. The summed E-state index contributed by atoms with van der Waals surface area (Å²) in [4.78, 5) is 16.3. The van der Waals surface area contributed by atoms with Crippen LogP contribution in [0.15, 0.2) is 30.5 Å². The lowest BCUT2D eigenvalue weighted by molar-refractivity contribution is -0.184. The standard InChI is InChI=1S/C24H31N7O2/c1-18-13-26-22(27-20-5-3-19(4-6-20)24(32)16-33-17-24)28-21(18)30-14-23(15-30,7-8-25)31-11-9-29(2)10-12-31/h3-6,13,32H,7,9-12,14-17H2,1-2H3,(H,26,27,28). The Hall–Kier alpha value is -2.77. The van der Waals surface area contributed by atoms with Crippen molar-refractivity contribution in [3.8, 4) is 6.07 Å². The molecule has 33 heavy (non-hydrogen) atoms. The number of nitrogens with one attached hydrogen (secondary N) is 1. The topological polar surface area (TPSA) is 101 Å². The van der Waals surface area contributed by atoms with Crippen LogP contribution < -0.4 is 10.2 Å². The van der Waals surface area contributed by atoms with Crippen LogP contribution in [0.3, 0.4) is 0 Å². The highest BCUT2D eigenvalue weighted by Gasteiger charge is 2.48. The van der Waals surface area contributed by atoms with Gasteiger partial charge in [0.05, 0.1) is 31.2 Å². The average Bonchev–Trinajstić information content (AvgIpc) is 2.77. The molecule has 9 nitrogen and oxygen atoms in total. The summed E-state index contributed by atoms with van der Waals surface area (Å²) in [5, 5.41) is 23.2. The molecule has 174 valence electrons. The van der Waals surface area contributed by atoms with Crippen LogP contribution in [0.4, 0.5) is 17.5 Å². The number of aliphatic hydroxyl groups is 1. The molecular formula is C24H31N7O2. The number of aryl methyl sites for hydroxylation is 1. The largest absolute Gasteiger partial charge is 0.380 e. The molecule has 0 bridgehead atoms. The van der Waals surface area contributed by atoms with Crippen molar-refractivity contribution in [1.29, 1.82) is 5.26 Å². The van der Waals surface area contributed by atoms with Gasteiger partial charge >= 0.3 is 0 Å². The fourth-order valence-corrected chi connectivity index (χ4v) is 4.93. The first-order valence-corrected chi connectivity index (χ1v) is 11.5. The van der Waals surface area contributed by atoms with E-state index in [2.05, 4.69) is 38.1 Å². The van der Waals surface area contributed by atoms with E-state index >= 15 is 0 Å². The fraction of sp³-hybridized carbons (Fsp3) is 0.542. The molecule has 9 heteroatoms. The van der Waals surface area contributed by atoms with Crippen molar-refractivity contribution >= 4 is 17.5 Å². The van der Waals surface area contributed by atoms with Gasteiger partial charge in [-0.05, 0) is 31.7 Å². The zero-order chi connectivity index (χ0) is 23.1. The molecule has 3 fully saturated rings. The summed E-state index contributed by atoms with van der Waals surface area (Å²) in [6.45, 7) is 8.37. The molecule has 0 radical (unpaired) electrons. The van der Waals surface area contributed by atoms with Crippen molar-refractivity contribution in [1.82, 2.24) is 19.8 Å².